The first-order chi connectivity index (χ1) is 9.63. The van der Waals surface area contributed by atoms with Gasteiger partial charge in [-0.3, -0.25) is 4.79 Å². The van der Waals surface area contributed by atoms with E-state index < -0.39 is 0 Å². The van der Waals surface area contributed by atoms with E-state index in [1.807, 2.05) is 36.1 Å². The number of nitrogens with two attached hydrogens (primary N) is 1. The van der Waals surface area contributed by atoms with Gasteiger partial charge in [0.15, 0.2) is 0 Å². The van der Waals surface area contributed by atoms with Crippen molar-refractivity contribution in [2.45, 2.75) is 39.2 Å². The standard InChI is InChI=1S/C16H25N3O/c1-3-10-19(15-8-6-14(17)7-9-15)13(2)16(20)18-11-4-5-12-18/h6-9,13H,3-5,10-12,17H2,1-2H3. The van der Waals surface area contributed by atoms with E-state index in [-0.39, 0.29) is 11.9 Å². The van der Waals surface area contributed by atoms with E-state index in [1.54, 1.807) is 0 Å². The van der Waals surface area contributed by atoms with Gasteiger partial charge in [0.05, 0.1) is 0 Å². The molecule has 0 bridgehead atoms. The summed E-state index contributed by atoms with van der Waals surface area (Å²) < 4.78 is 0. The van der Waals surface area contributed by atoms with E-state index >= 15 is 0 Å². The molecule has 110 valence electrons. The van der Waals surface area contributed by atoms with Crippen LogP contribution in [-0.2, 0) is 4.79 Å². The number of hydrogen-bond acceptors (Lipinski definition) is 3. The third-order valence-corrected chi connectivity index (χ3v) is 3.93. The first-order valence-electron chi connectivity index (χ1n) is 7.54. The lowest BCUT2D eigenvalue weighted by molar-refractivity contribution is -0.131. The fourth-order valence-electron chi connectivity index (χ4n) is 2.79. The first kappa shape index (κ1) is 14.7. The second-order valence-corrected chi connectivity index (χ2v) is 5.49. The SMILES string of the molecule is CCCN(c1ccc(N)cc1)C(C)C(=O)N1CCCC1. The van der Waals surface area contributed by atoms with Gasteiger partial charge in [-0.05, 0) is 50.5 Å². The Morgan fingerprint density at radius 1 is 1.30 bits per heavy atom. The molecule has 1 aliphatic rings. The van der Waals surface area contributed by atoms with Gasteiger partial charge in [0.2, 0.25) is 5.91 Å². The summed E-state index contributed by atoms with van der Waals surface area (Å²) in [6, 6.07) is 7.67. The van der Waals surface area contributed by atoms with Crippen molar-refractivity contribution in [3.05, 3.63) is 24.3 Å². The van der Waals surface area contributed by atoms with Gasteiger partial charge in [-0.2, -0.15) is 0 Å². The lowest BCUT2D eigenvalue weighted by Gasteiger charge is -2.32. The van der Waals surface area contributed by atoms with E-state index in [2.05, 4.69) is 11.8 Å². The second-order valence-electron chi connectivity index (χ2n) is 5.49. The molecule has 1 heterocycles. The predicted octanol–water partition coefficient (Wildman–Crippen LogP) is 2.50. The van der Waals surface area contributed by atoms with Crippen LogP contribution in [0.25, 0.3) is 0 Å². The number of carbonyl (C=O) groups is 1. The Morgan fingerprint density at radius 2 is 1.90 bits per heavy atom. The average molecular weight is 275 g/mol. The average Bonchev–Trinajstić information content (AvgIpc) is 2.98. The Hall–Kier alpha value is -1.71. The van der Waals surface area contributed by atoms with Gasteiger partial charge in [0, 0.05) is 31.0 Å². The molecule has 1 aliphatic heterocycles. The topological polar surface area (TPSA) is 49.6 Å². The number of amides is 1. The third-order valence-electron chi connectivity index (χ3n) is 3.93. The second kappa shape index (κ2) is 6.64. The van der Waals surface area contributed by atoms with E-state index in [0.717, 1.165) is 50.3 Å². The summed E-state index contributed by atoms with van der Waals surface area (Å²) in [6.45, 7) is 6.84. The molecule has 4 nitrogen and oxygen atoms in total. The summed E-state index contributed by atoms with van der Waals surface area (Å²) in [7, 11) is 0. The zero-order valence-electron chi connectivity index (χ0n) is 12.5. The van der Waals surface area contributed by atoms with Crippen LogP contribution < -0.4 is 10.6 Å². The van der Waals surface area contributed by atoms with Gasteiger partial charge in [-0.25, -0.2) is 0 Å². The predicted molar refractivity (Wildman–Crippen MR) is 83.8 cm³/mol. The van der Waals surface area contributed by atoms with Crippen molar-refractivity contribution in [3.63, 3.8) is 0 Å². The maximum Gasteiger partial charge on any atom is 0.244 e. The molecule has 1 aromatic carbocycles. The van der Waals surface area contributed by atoms with Gasteiger partial charge in [-0.1, -0.05) is 6.92 Å². The number of rotatable bonds is 5. The van der Waals surface area contributed by atoms with Crippen molar-refractivity contribution >= 4 is 17.3 Å². The molecular weight excluding hydrogens is 250 g/mol. The van der Waals surface area contributed by atoms with E-state index in [1.165, 1.54) is 0 Å². The summed E-state index contributed by atoms with van der Waals surface area (Å²) in [5, 5.41) is 0. The number of hydrogen-bond donors (Lipinski definition) is 1. The zero-order chi connectivity index (χ0) is 14.5. The van der Waals surface area contributed by atoms with Gasteiger partial charge in [0.25, 0.3) is 0 Å². The van der Waals surface area contributed by atoms with Crippen LogP contribution in [0, 0.1) is 0 Å². The molecule has 1 aromatic rings. The van der Waals surface area contributed by atoms with Gasteiger partial charge >= 0.3 is 0 Å². The highest BCUT2D eigenvalue weighted by molar-refractivity contribution is 5.85. The largest absolute Gasteiger partial charge is 0.399 e. The summed E-state index contributed by atoms with van der Waals surface area (Å²) in [6.07, 6.45) is 3.28. The zero-order valence-corrected chi connectivity index (χ0v) is 12.5. The number of likely N-dealkylation sites (tertiary alicyclic amines) is 1. The molecule has 1 atom stereocenters. The Kier molecular flexibility index (Phi) is 4.88. The summed E-state index contributed by atoms with van der Waals surface area (Å²) in [4.78, 5) is 16.7. The van der Waals surface area contributed by atoms with Crippen molar-refractivity contribution in [1.29, 1.82) is 0 Å². The minimum atomic E-state index is -0.114. The highest BCUT2D eigenvalue weighted by Crippen LogP contribution is 2.21. The highest BCUT2D eigenvalue weighted by Gasteiger charge is 2.27. The van der Waals surface area contributed by atoms with E-state index in [9.17, 15) is 4.79 Å². The van der Waals surface area contributed by atoms with Crippen LogP contribution in [0.2, 0.25) is 0 Å². The quantitative estimate of drug-likeness (QED) is 0.840. The fraction of sp³-hybridized carbons (Fsp3) is 0.562. The molecule has 1 saturated heterocycles. The number of anilines is 2. The van der Waals surface area contributed by atoms with Crippen LogP contribution >= 0.6 is 0 Å². The molecule has 0 radical (unpaired) electrons. The van der Waals surface area contributed by atoms with Crippen LogP contribution in [0.1, 0.15) is 33.1 Å². The van der Waals surface area contributed by atoms with Gasteiger partial charge < -0.3 is 15.5 Å². The number of nitrogen functional groups attached to an aromatic ring is 1. The lowest BCUT2D eigenvalue weighted by atomic mass is 10.1. The third kappa shape index (κ3) is 3.24. The van der Waals surface area contributed by atoms with E-state index in [0.29, 0.717) is 0 Å². The molecule has 1 unspecified atom stereocenters. The molecule has 1 fully saturated rings. The van der Waals surface area contributed by atoms with Crippen LogP contribution in [0.4, 0.5) is 11.4 Å². The Morgan fingerprint density at radius 3 is 2.45 bits per heavy atom. The van der Waals surface area contributed by atoms with Crippen molar-refractivity contribution in [2.75, 3.05) is 30.3 Å². The van der Waals surface area contributed by atoms with E-state index in [4.69, 9.17) is 5.73 Å². The van der Waals surface area contributed by atoms with Crippen LogP contribution in [0.3, 0.4) is 0 Å². The molecule has 2 rings (SSSR count). The number of benzene rings is 1. The Balaban J connectivity index is 2.14. The molecule has 0 saturated carbocycles. The fourth-order valence-corrected chi connectivity index (χ4v) is 2.79. The number of carbonyl (C=O) groups excluding carboxylic acids is 1. The molecule has 2 N–H and O–H groups in total. The molecule has 0 aliphatic carbocycles. The minimum Gasteiger partial charge on any atom is -0.399 e. The molecular formula is C16H25N3O. The maximum atomic E-state index is 12.6. The molecule has 0 spiro atoms. The van der Waals surface area contributed by atoms with Crippen molar-refractivity contribution in [2.24, 2.45) is 0 Å². The van der Waals surface area contributed by atoms with Crippen LogP contribution in [0.5, 0.6) is 0 Å². The van der Waals surface area contributed by atoms with Gasteiger partial charge in [-0.15, -0.1) is 0 Å². The van der Waals surface area contributed by atoms with Crippen molar-refractivity contribution < 1.29 is 4.79 Å². The minimum absolute atomic E-state index is 0.114. The normalized spacial score (nSPS) is 16.2. The van der Waals surface area contributed by atoms with Gasteiger partial charge in [0.1, 0.15) is 6.04 Å². The molecule has 20 heavy (non-hydrogen) atoms. The van der Waals surface area contributed by atoms with Crippen LogP contribution in [-0.4, -0.2) is 36.5 Å². The molecule has 4 heteroatoms. The Labute approximate surface area is 121 Å². The lowest BCUT2D eigenvalue weighted by Crippen LogP contribution is -2.46. The first-order valence-corrected chi connectivity index (χ1v) is 7.54. The van der Waals surface area contributed by atoms with Crippen LogP contribution in [0.15, 0.2) is 24.3 Å². The molecule has 1 amide bonds. The number of nitrogens with zero attached hydrogens (tertiary/aromatic N) is 2. The highest BCUT2D eigenvalue weighted by atomic mass is 16.2. The van der Waals surface area contributed by atoms with Crippen molar-refractivity contribution in [3.8, 4) is 0 Å². The summed E-state index contributed by atoms with van der Waals surface area (Å²) in [5.41, 5.74) is 7.57. The Bertz CT molecular complexity index is 438. The summed E-state index contributed by atoms with van der Waals surface area (Å²) in [5.74, 6) is 0.243. The molecule has 0 aromatic heterocycles. The van der Waals surface area contributed by atoms with Crippen molar-refractivity contribution in [1.82, 2.24) is 4.90 Å². The maximum absolute atomic E-state index is 12.6. The monoisotopic (exact) mass is 275 g/mol. The smallest absolute Gasteiger partial charge is 0.244 e. The summed E-state index contributed by atoms with van der Waals surface area (Å²) >= 11 is 0.